The lowest BCUT2D eigenvalue weighted by atomic mass is 10.1. The van der Waals surface area contributed by atoms with Crippen LogP contribution in [0.4, 0.5) is 11.4 Å². The Balaban J connectivity index is 1.94. The van der Waals surface area contributed by atoms with Crippen molar-refractivity contribution in [1.82, 2.24) is 0 Å². The van der Waals surface area contributed by atoms with E-state index in [-0.39, 0.29) is 18.5 Å². The molecule has 0 bridgehead atoms. The second-order valence-corrected chi connectivity index (χ2v) is 8.41. The molecular weight excluding hydrogens is 336 g/mol. The van der Waals surface area contributed by atoms with E-state index in [9.17, 15) is 13.2 Å². The summed E-state index contributed by atoms with van der Waals surface area (Å²) in [7, 11) is -3.57. The van der Waals surface area contributed by atoms with Crippen LogP contribution in [0.25, 0.3) is 0 Å². The van der Waals surface area contributed by atoms with E-state index in [0.717, 1.165) is 29.5 Å². The molecule has 2 aromatic rings. The van der Waals surface area contributed by atoms with E-state index in [1.54, 1.807) is 17.0 Å². The minimum absolute atomic E-state index is 0.0168. The Morgan fingerprint density at radius 2 is 1.80 bits per heavy atom. The Morgan fingerprint density at radius 3 is 2.48 bits per heavy atom. The Hall–Kier alpha value is -2.34. The second kappa shape index (κ2) is 6.52. The fourth-order valence-corrected chi connectivity index (χ4v) is 4.28. The number of nitrogens with zero attached hydrogens (tertiary/aromatic N) is 2. The van der Waals surface area contributed by atoms with Crippen molar-refractivity contribution in [2.24, 2.45) is 0 Å². The summed E-state index contributed by atoms with van der Waals surface area (Å²) in [6, 6.07) is 15.0. The van der Waals surface area contributed by atoms with Crippen LogP contribution >= 0.6 is 0 Å². The maximum Gasteiger partial charge on any atom is 0.248 e. The Kier molecular flexibility index (Phi) is 4.56. The lowest BCUT2D eigenvalue weighted by molar-refractivity contribution is -0.117. The Morgan fingerprint density at radius 1 is 1.16 bits per heavy atom. The molecule has 1 aliphatic rings. The van der Waals surface area contributed by atoms with Crippen LogP contribution in [0.15, 0.2) is 48.5 Å². The summed E-state index contributed by atoms with van der Waals surface area (Å²) in [5.74, 6) is -0.217. The van der Waals surface area contributed by atoms with E-state index in [1.807, 2.05) is 50.2 Å². The molecule has 0 spiro atoms. The molecule has 5 nitrogen and oxygen atoms in total. The van der Waals surface area contributed by atoms with Crippen molar-refractivity contribution in [2.75, 3.05) is 22.0 Å². The van der Waals surface area contributed by atoms with Gasteiger partial charge in [-0.2, -0.15) is 0 Å². The highest BCUT2D eigenvalue weighted by atomic mass is 32.2. The minimum atomic E-state index is -3.57. The Bertz CT molecular complexity index is 908. The molecule has 6 heteroatoms. The number of hydrogen-bond donors (Lipinski definition) is 0. The summed E-state index contributed by atoms with van der Waals surface area (Å²) in [6.45, 7) is 3.62. The number of carbonyl (C=O) groups excluding carboxylic acids is 1. The molecule has 0 aliphatic carbocycles. The zero-order valence-electron chi connectivity index (χ0n) is 14.6. The third kappa shape index (κ3) is 3.39. The van der Waals surface area contributed by atoms with Gasteiger partial charge in [-0.3, -0.25) is 9.10 Å². The van der Waals surface area contributed by atoms with Crippen LogP contribution in [-0.4, -0.2) is 33.2 Å². The molecule has 1 heterocycles. The molecule has 2 aromatic carbocycles. The summed E-state index contributed by atoms with van der Waals surface area (Å²) >= 11 is 0. The van der Waals surface area contributed by atoms with Crippen LogP contribution < -0.4 is 9.21 Å². The van der Waals surface area contributed by atoms with Crippen LogP contribution in [0.5, 0.6) is 0 Å². The summed E-state index contributed by atoms with van der Waals surface area (Å²) < 4.78 is 25.8. The lowest BCUT2D eigenvalue weighted by Crippen LogP contribution is -2.45. The first-order valence-corrected chi connectivity index (χ1v) is 10.1. The van der Waals surface area contributed by atoms with Gasteiger partial charge in [-0.1, -0.05) is 36.4 Å². The number of fused-ring (bicyclic) bond motifs is 1. The van der Waals surface area contributed by atoms with Crippen molar-refractivity contribution in [2.45, 2.75) is 26.3 Å². The molecule has 0 aromatic heterocycles. The van der Waals surface area contributed by atoms with Crippen LogP contribution in [-0.2, 0) is 21.2 Å². The molecule has 0 radical (unpaired) electrons. The fourth-order valence-electron chi connectivity index (χ4n) is 3.37. The van der Waals surface area contributed by atoms with Gasteiger partial charge in [0.15, 0.2) is 0 Å². The van der Waals surface area contributed by atoms with Crippen LogP contribution in [0.3, 0.4) is 0 Å². The normalized spacial score (nSPS) is 16.6. The Labute approximate surface area is 148 Å². The minimum Gasteiger partial charge on any atom is -0.307 e. The topological polar surface area (TPSA) is 57.7 Å². The molecule has 0 saturated heterocycles. The van der Waals surface area contributed by atoms with Gasteiger partial charge >= 0.3 is 0 Å². The molecule has 1 atom stereocenters. The van der Waals surface area contributed by atoms with Gasteiger partial charge in [-0.25, -0.2) is 8.42 Å². The molecular formula is C19H22N2O3S. The molecule has 0 unspecified atom stereocenters. The highest BCUT2D eigenvalue weighted by Gasteiger charge is 2.33. The zero-order chi connectivity index (χ0) is 18.2. The van der Waals surface area contributed by atoms with Gasteiger partial charge in [-0.15, -0.1) is 0 Å². The monoisotopic (exact) mass is 358 g/mol. The number of carbonyl (C=O) groups is 1. The van der Waals surface area contributed by atoms with Crippen LogP contribution in [0.2, 0.25) is 0 Å². The van der Waals surface area contributed by atoms with Crippen molar-refractivity contribution < 1.29 is 13.2 Å². The van der Waals surface area contributed by atoms with Gasteiger partial charge in [0.1, 0.15) is 6.54 Å². The number of amides is 1. The first kappa shape index (κ1) is 17.5. The smallest absolute Gasteiger partial charge is 0.248 e. The van der Waals surface area contributed by atoms with E-state index < -0.39 is 10.0 Å². The highest BCUT2D eigenvalue weighted by Crippen LogP contribution is 2.32. The van der Waals surface area contributed by atoms with Crippen molar-refractivity contribution in [3.63, 3.8) is 0 Å². The van der Waals surface area contributed by atoms with Crippen molar-refractivity contribution in [1.29, 1.82) is 0 Å². The number of rotatable bonds is 4. The standard InChI is InChI=1S/C19H22N2O3S/c1-14-8-4-6-10-17(14)20(25(3,23)24)13-19(22)21-15(2)12-16-9-5-7-11-18(16)21/h4-11,15H,12-13H2,1-3H3/t15-/m1/s1. The summed E-state index contributed by atoms with van der Waals surface area (Å²) in [4.78, 5) is 14.7. The maximum atomic E-state index is 13.0. The van der Waals surface area contributed by atoms with E-state index in [2.05, 4.69) is 0 Å². The fraction of sp³-hybridized carbons (Fsp3) is 0.316. The van der Waals surface area contributed by atoms with E-state index in [1.165, 1.54) is 4.31 Å². The molecule has 1 amide bonds. The van der Waals surface area contributed by atoms with Gasteiger partial charge < -0.3 is 4.90 Å². The summed E-state index contributed by atoms with van der Waals surface area (Å²) in [5, 5.41) is 0. The van der Waals surface area contributed by atoms with E-state index in [4.69, 9.17) is 0 Å². The number of aryl methyl sites for hydroxylation is 1. The number of hydrogen-bond acceptors (Lipinski definition) is 3. The number of sulfonamides is 1. The van der Waals surface area contributed by atoms with Gasteiger partial charge in [0, 0.05) is 11.7 Å². The third-order valence-corrected chi connectivity index (χ3v) is 5.67. The predicted molar refractivity (Wildman–Crippen MR) is 100 cm³/mol. The van der Waals surface area contributed by atoms with Crippen molar-refractivity contribution in [3.05, 3.63) is 59.7 Å². The van der Waals surface area contributed by atoms with E-state index in [0.29, 0.717) is 5.69 Å². The maximum absolute atomic E-state index is 13.0. The van der Waals surface area contributed by atoms with Crippen LogP contribution in [0.1, 0.15) is 18.1 Å². The average molecular weight is 358 g/mol. The molecule has 0 saturated carbocycles. The highest BCUT2D eigenvalue weighted by molar-refractivity contribution is 7.92. The first-order valence-electron chi connectivity index (χ1n) is 8.22. The lowest BCUT2D eigenvalue weighted by Gasteiger charge is -2.28. The molecule has 0 fully saturated rings. The summed E-state index contributed by atoms with van der Waals surface area (Å²) in [6.07, 6.45) is 1.92. The number of anilines is 2. The molecule has 0 N–H and O–H groups in total. The molecule has 1 aliphatic heterocycles. The average Bonchev–Trinajstić information content (AvgIpc) is 2.88. The van der Waals surface area contributed by atoms with Crippen LogP contribution in [0, 0.1) is 6.92 Å². The zero-order valence-corrected chi connectivity index (χ0v) is 15.5. The van der Waals surface area contributed by atoms with Crippen molar-refractivity contribution in [3.8, 4) is 0 Å². The van der Waals surface area contributed by atoms with Gasteiger partial charge in [-0.05, 0) is 43.5 Å². The third-order valence-electron chi connectivity index (χ3n) is 4.54. The van der Waals surface area contributed by atoms with Gasteiger partial charge in [0.05, 0.1) is 11.9 Å². The van der Waals surface area contributed by atoms with Gasteiger partial charge in [0.2, 0.25) is 15.9 Å². The molecule has 25 heavy (non-hydrogen) atoms. The first-order chi connectivity index (χ1) is 11.8. The van der Waals surface area contributed by atoms with Gasteiger partial charge in [0.25, 0.3) is 0 Å². The number of para-hydroxylation sites is 2. The summed E-state index contributed by atoms with van der Waals surface area (Å²) in [5.41, 5.74) is 3.34. The second-order valence-electron chi connectivity index (χ2n) is 6.50. The van der Waals surface area contributed by atoms with Crippen molar-refractivity contribution >= 4 is 27.3 Å². The molecule has 3 rings (SSSR count). The number of benzene rings is 2. The largest absolute Gasteiger partial charge is 0.307 e. The quantitative estimate of drug-likeness (QED) is 0.844. The molecule has 132 valence electrons. The van der Waals surface area contributed by atoms with E-state index >= 15 is 0 Å². The SMILES string of the molecule is Cc1ccccc1N(CC(=O)N1c2ccccc2C[C@H]1C)S(C)(=O)=O. The predicted octanol–water partition coefficient (Wildman–Crippen LogP) is 2.74.